The van der Waals surface area contributed by atoms with Gasteiger partial charge >= 0.3 is 5.97 Å². The smallest absolute Gasteiger partial charge is 0.303 e. The molecule has 0 unspecified atom stereocenters. The number of carboxylic acid groups (broad SMARTS) is 1. The van der Waals surface area contributed by atoms with Gasteiger partial charge in [0.15, 0.2) is 0 Å². The quantitative estimate of drug-likeness (QED) is 0.822. The summed E-state index contributed by atoms with van der Waals surface area (Å²) < 4.78 is 5.50. The first-order valence-electron chi connectivity index (χ1n) is 5.98. The molecule has 0 radical (unpaired) electrons. The zero-order valence-electron chi connectivity index (χ0n) is 10.1. The number of aliphatic carboxylic acids is 1. The summed E-state index contributed by atoms with van der Waals surface area (Å²) in [6.07, 6.45) is 3.98. The molecule has 0 spiro atoms. The number of carbonyl (C=O) groups is 1. The Hall–Kier alpha value is -1.35. The average molecular weight is 234 g/mol. The minimum Gasteiger partial charge on any atom is -0.481 e. The molecule has 0 heterocycles. The molecule has 1 aromatic rings. The largest absolute Gasteiger partial charge is 0.481 e. The third-order valence-corrected chi connectivity index (χ3v) is 3.39. The van der Waals surface area contributed by atoms with Crippen LogP contribution < -0.4 is 0 Å². The highest BCUT2D eigenvalue weighted by Crippen LogP contribution is 2.41. The van der Waals surface area contributed by atoms with E-state index in [-0.39, 0.29) is 12.0 Å². The number of methoxy groups -OCH3 is 1. The van der Waals surface area contributed by atoms with Gasteiger partial charge < -0.3 is 9.84 Å². The van der Waals surface area contributed by atoms with Crippen LogP contribution in [0.5, 0.6) is 0 Å². The third kappa shape index (κ3) is 3.30. The molecule has 1 aliphatic rings. The maximum atomic E-state index is 10.5. The minimum absolute atomic E-state index is 0.0609. The predicted octanol–water partition coefficient (Wildman–Crippen LogP) is 2.43. The van der Waals surface area contributed by atoms with Gasteiger partial charge in [-0.15, -0.1) is 0 Å². The maximum Gasteiger partial charge on any atom is 0.303 e. The topological polar surface area (TPSA) is 46.5 Å². The molecule has 1 aromatic carbocycles. The van der Waals surface area contributed by atoms with Gasteiger partial charge in [-0.1, -0.05) is 24.3 Å². The molecule has 0 amide bonds. The van der Waals surface area contributed by atoms with Crippen molar-refractivity contribution in [1.82, 2.24) is 0 Å². The highest BCUT2D eigenvalue weighted by Gasteiger charge is 2.42. The molecule has 0 bridgehead atoms. The van der Waals surface area contributed by atoms with Gasteiger partial charge in [0.2, 0.25) is 0 Å². The summed E-state index contributed by atoms with van der Waals surface area (Å²) in [7, 11) is 1.77. The van der Waals surface area contributed by atoms with Crippen LogP contribution in [-0.2, 0) is 22.4 Å². The molecule has 92 valence electrons. The monoisotopic (exact) mass is 234 g/mol. The second-order valence-corrected chi connectivity index (χ2v) is 4.78. The van der Waals surface area contributed by atoms with Crippen molar-refractivity contribution >= 4 is 5.97 Å². The number of rotatable bonds is 6. The van der Waals surface area contributed by atoms with E-state index in [2.05, 4.69) is 12.1 Å². The number of benzene rings is 1. The molecule has 3 heteroatoms. The van der Waals surface area contributed by atoms with Crippen LogP contribution in [0.4, 0.5) is 0 Å². The van der Waals surface area contributed by atoms with E-state index in [0.717, 1.165) is 24.8 Å². The summed E-state index contributed by atoms with van der Waals surface area (Å²) in [6, 6.07) is 8.17. The van der Waals surface area contributed by atoms with Gasteiger partial charge in [-0.3, -0.25) is 4.79 Å². The van der Waals surface area contributed by atoms with E-state index < -0.39 is 5.97 Å². The lowest BCUT2D eigenvalue weighted by atomic mass is 10.0. The Balaban J connectivity index is 1.99. The molecule has 0 atom stereocenters. The van der Waals surface area contributed by atoms with Gasteiger partial charge in [-0.05, 0) is 30.4 Å². The number of carboxylic acids is 1. The molecule has 1 N–H and O–H groups in total. The highest BCUT2D eigenvalue weighted by atomic mass is 16.5. The second-order valence-electron chi connectivity index (χ2n) is 4.78. The lowest BCUT2D eigenvalue weighted by Gasteiger charge is -2.13. The van der Waals surface area contributed by atoms with Gasteiger partial charge in [0.25, 0.3) is 0 Å². The second kappa shape index (κ2) is 4.88. The Labute approximate surface area is 101 Å². The zero-order chi connectivity index (χ0) is 12.3. The first-order chi connectivity index (χ1) is 8.13. The normalized spacial score (nSPS) is 16.8. The van der Waals surface area contributed by atoms with Gasteiger partial charge in [0.05, 0.1) is 5.60 Å². The summed E-state index contributed by atoms with van der Waals surface area (Å²) in [4.78, 5) is 10.5. The molecule has 2 rings (SSSR count). The Morgan fingerprint density at radius 2 is 2.12 bits per heavy atom. The standard InChI is InChI=1S/C14H18O3/c1-17-14(7-8-14)10-12-4-2-3-11(9-12)5-6-13(15)16/h2-4,9H,5-8,10H2,1H3,(H,15,16). The van der Waals surface area contributed by atoms with E-state index >= 15 is 0 Å². The summed E-state index contributed by atoms with van der Waals surface area (Å²) in [5.74, 6) is -0.744. The van der Waals surface area contributed by atoms with E-state index in [0.29, 0.717) is 6.42 Å². The van der Waals surface area contributed by atoms with Crippen molar-refractivity contribution in [2.75, 3.05) is 7.11 Å². The highest BCUT2D eigenvalue weighted by molar-refractivity contribution is 5.67. The van der Waals surface area contributed by atoms with E-state index in [1.54, 1.807) is 7.11 Å². The number of ether oxygens (including phenoxy) is 1. The molecule has 3 nitrogen and oxygen atoms in total. The van der Waals surface area contributed by atoms with Gasteiger partial charge in [0.1, 0.15) is 0 Å². The van der Waals surface area contributed by atoms with Crippen molar-refractivity contribution in [2.45, 2.75) is 37.7 Å². The SMILES string of the molecule is COC1(Cc2cccc(CCC(=O)O)c2)CC1. The van der Waals surface area contributed by atoms with Crippen LogP contribution in [0.15, 0.2) is 24.3 Å². The van der Waals surface area contributed by atoms with Crippen LogP contribution in [0.1, 0.15) is 30.4 Å². The van der Waals surface area contributed by atoms with Crippen LogP contribution in [0, 0.1) is 0 Å². The summed E-state index contributed by atoms with van der Waals surface area (Å²) >= 11 is 0. The minimum atomic E-state index is -0.744. The molecular weight excluding hydrogens is 216 g/mol. The fourth-order valence-corrected chi connectivity index (χ4v) is 2.11. The summed E-state index contributed by atoms with van der Waals surface area (Å²) in [5, 5.41) is 8.66. The first-order valence-corrected chi connectivity index (χ1v) is 5.98. The Morgan fingerprint density at radius 3 is 2.71 bits per heavy atom. The Kier molecular flexibility index (Phi) is 3.48. The third-order valence-electron chi connectivity index (χ3n) is 3.39. The fraction of sp³-hybridized carbons (Fsp3) is 0.500. The Bertz CT molecular complexity index is 408. The van der Waals surface area contributed by atoms with Crippen molar-refractivity contribution in [3.05, 3.63) is 35.4 Å². The van der Waals surface area contributed by atoms with Gasteiger partial charge in [-0.25, -0.2) is 0 Å². The van der Waals surface area contributed by atoms with Crippen molar-refractivity contribution < 1.29 is 14.6 Å². The van der Waals surface area contributed by atoms with Crippen LogP contribution in [0.3, 0.4) is 0 Å². The van der Waals surface area contributed by atoms with Crippen LogP contribution in [0.25, 0.3) is 0 Å². The predicted molar refractivity (Wildman–Crippen MR) is 65.1 cm³/mol. The molecule has 0 aromatic heterocycles. The van der Waals surface area contributed by atoms with E-state index in [1.807, 2.05) is 12.1 Å². The number of hydrogen-bond donors (Lipinski definition) is 1. The molecule has 1 aliphatic carbocycles. The number of hydrogen-bond acceptors (Lipinski definition) is 2. The summed E-state index contributed by atoms with van der Waals surface area (Å²) in [5.41, 5.74) is 2.40. The Morgan fingerprint density at radius 1 is 1.41 bits per heavy atom. The van der Waals surface area contributed by atoms with Crippen molar-refractivity contribution in [1.29, 1.82) is 0 Å². The molecule has 0 saturated heterocycles. The number of aryl methyl sites for hydroxylation is 1. The van der Waals surface area contributed by atoms with Crippen LogP contribution >= 0.6 is 0 Å². The van der Waals surface area contributed by atoms with Crippen molar-refractivity contribution in [3.63, 3.8) is 0 Å². The van der Waals surface area contributed by atoms with E-state index in [9.17, 15) is 4.79 Å². The van der Waals surface area contributed by atoms with Crippen LogP contribution in [0.2, 0.25) is 0 Å². The summed E-state index contributed by atoms with van der Waals surface area (Å²) in [6.45, 7) is 0. The van der Waals surface area contributed by atoms with E-state index in [1.165, 1.54) is 5.56 Å². The molecule has 1 saturated carbocycles. The average Bonchev–Trinajstić information content (AvgIpc) is 3.07. The van der Waals surface area contributed by atoms with Crippen molar-refractivity contribution in [3.8, 4) is 0 Å². The fourth-order valence-electron chi connectivity index (χ4n) is 2.11. The molecule has 1 fully saturated rings. The first kappa shape index (κ1) is 12.1. The van der Waals surface area contributed by atoms with Crippen LogP contribution in [-0.4, -0.2) is 23.8 Å². The van der Waals surface area contributed by atoms with Gasteiger partial charge in [-0.2, -0.15) is 0 Å². The lowest BCUT2D eigenvalue weighted by Crippen LogP contribution is -2.15. The lowest BCUT2D eigenvalue weighted by molar-refractivity contribution is -0.136. The molecule has 0 aliphatic heterocycles. The van der Waals surface area contributed by atoms with Gasteiger partial charge in [0, 0.05) is 20.0 Å². The molecular formula is C14H18O3. The molecule has 17 heavy (non-hydrogen) atoms. The zero-order valence-corrected chi connectivity index (χ0v) is 10.1. The van der Waals surface area contributed by atoms with Crippen molar-refractivity contribution in [2.24, 2.45) is 0 Å². The maximum absolute atomic E-state index is 10.5. The van der Waals surface area contributed by atoms with E-state index in [4.69, 9.17) is 9.84 Å².